The van der Waals surface area contributed by atoms with Crippen molar-refractivity contribution in [2.24, 2.45) is 23.7 Å². The molecule has 0 spiro atoms. The highest BCUT2D eigenvalue weighted by Crippen LogP contribution is 2.34. The van der Waals surface area contributed by atoms with Crippen molar-refractivity contribution in [3.8, 4) is 0 Å². The topological polar surface area (TPSA) is 83.5 Å². The Morgan fingerprint density at radius 1 is 1.15 bits per heavy atom. The number of aliphatic hydroxyl groups is 1. The Bertz CT molecular complexity index is 404. The Morgan fingerprint density at radius 2 is 1.75 bits per heavy atom. The molecule has 0 bridgehead atoms. The van der Waals surface area contributed by atoms with Crippen LogP contribution in [0.25, 0.3) is 0 Å². The maximum atomic E-state index is 12.2. The average molecular weight is 281 g/mol. The molecule has 1 unspecified atom stereocenters. The lowest BCUT2D eigenvalue weighted by molar-refractivity contribution is -0.136. The van der Waals surface area contributed by atoms with Gasteiger partial charge in [-0.2, -0.15) is 0 Å². The van der Waals surface area contributed by atoms with Gasteiger partial charge in [-0.05, 0) is 31.1 Å². The van der Waals surface area contributed by atoms with Crippen LogP contribution in [0.4, 0.5) is 0 Å². The molecular formula is C15H23NO4. The average Bonchev–Trinajstić information content (AvgIpc) is 2.32. The van der Waals surface area contributed by atoms with Crippen LogP contribution < -0.4 is 5.32 Å². The van der Waals surface area contributed by atoms with Gasteiger partial charge in [-0.25, -0.2) is 0 Å². The third kappa shape index (κ3) is 3.45. The highest BCUT2D eigenvalue weighted by molar-refractivity contribution is 5.97. The quantitative estimate of drug-likeness (QED) is 0.757. The first kappa shape index (κ1) is 15.2. The van der Waals surface area contributed by atoms with Crippen molar-refractivity contribution in [3.63, 3.8) is 0 Å². The molecule has 1 saturated carbocycles. The van der Waals surface area contributed by atoms with Gasteiger partial charge in [-0.1, -0.05) is 13.8 Å². The monoisotopic (exact) mass is 281 g/mol. The number of carbonyl (C=O) groups excluding carboxylic acids is 3. The minimum atomic E-state index is -0.739. The highest BCUT2D eigenvalue weighted by atomic mass is 16.3. The fourth-order valence-corrected chi connectivity index (χ4v) is 3.60. The zero-order valence-corrected chi connectivity index (χ0v) is 12.1. The number of nitrogens with one attached hydrogen (secondary N) is 1. The van der Waals surface area contributed by atoms with Crippen molar-refractivity contribution < 1.29 is 19.5 Å². The van der Waals surface area contributed by atoms with Crippen LogP contribution in [0.3, 0.4) is 0 Å². The number of imide groups is 1. The van der Waals surface area contributed by atoms with Gasteiger partial charge in [0, 0.05) is 24.7 Å². The van der Waals surface area contributed by atoms with Crippen LogP contribution in [0.15, 0.2) is 0 Å². The van der Waals surface area contributed by atoms with Crippen molar-refractivity contribution in [2.75, 3.05) is 0 Å². The summed E-state index contributed by atoms with van der Waals surface area (Å²) in [5, 5.41) is 12.6. The van der Waals surface area contributed by atoms with Crippen molar-refractivity contribution in [1.29, 1.82) is 0 Å². The molecule has 5 nitrogen and oxygen atoms in total. The van der Waals surface area contributed by atoms with E-state index in [1.165, 1.54) is 0 Å². The Hall–Kier alpha value is -1.23. The zero-order chi connectivity index (χ0) is 14.9. The summed E-state index contributed by atoms with van der Waals surface area (Å²) in [6.07, 6.45) is 1.72. The molecule has 2 rings (SSSR count). The van der Waals surface area contributed by atoms with Crippen molar-refractivity contribution in [2.45, 2.75) is 52.1 Å². The fraction of sp³-hybridized carbons (Fsp3) is 0.800. The SMILES string of the molecule is C[C@@H]1C[C@@H](C)C(=O)[C@@H](C(O)CC2CC(=O)NC(=O)C2)C1. The van der Waals surface area contributed by atoms with E-state index in [0.29, 0.717) is 18.8 Å². The lowest BCUT2D eigenvalue weighted by Crippen LogP contribution is -2.42. The Labute approximate surface area is 119 Å². The second-order valence-electron chi connectivity index (χ2n) is 6.54. The smallest absolute Gasteiger partial charge is 0.226 e. The second-order valence-corrected chi connectivity index (χ2v) is 6.54. The number of hydrogen-bond acceptors (Lipinski definition) is 4. The predicted molar refractivity (Wildman–Crippen MR) is 72.6 cm³/mol. The predicted octanol–water partition coefficient (Wildman–Crippen LogP) is 1.04. The van der Waals surface area contributed by atoms with Crippen molar-refractivity contribution >= 4 is 17.6 Å². The molecular weight excluding hydrogens is 258 g/mol. The van der Waals surface area contributed by atoms with E-state index in [9.17, 15) is 19.5 Å². The first-order valence-electron chi connectivity index (χ1n) is 7.41. The minimum absolute atomic E-state index is 0.00492. The van der Waals surface area contributed by atoms with E-state index < -0.39 is 6.10 Å². The van der Waals surface area contributed by atoms with Gasteiger partial charge in [-0.3, -0.25) is 19.7 Å². The summed E-state index contributed by atoms with van der Waals surface area (Å²) < 4.78 is 0. The van der Waals surface area contributed by atoms with Gasteiger partial charge in [0.05, 0.1) is 6.10 Å². The lowest BCUT2D eigenvalue weighted by Gasteiger charge is -2.34. The Balaban J connectivity index is 1.96. The van der Waals surface area contributed by atoms with Gasteiger partial charge in [0.2, 0.25) is 11.8 Å². The minimum Gasteiger partial charge on any atom is -0.392 e. The highest BCUT2D eigenvalue weighted by Gasteiger charge is 2.38. The molecule has 1 heterocycles. The molecule has 5 heteroatoms. The fourth-order valence-electron chi connectivity index (χ4n) is 3.60. The number of carbonyl (C=O) groups is 3. The van der Waals surface area contributed by atoms with E-state index in [2.05, 4.69) is 12.2 Å². The van der Waals surface area contributed by atoms with E-state index in [1.54, 1.807) is 0 Å². The number of piperidine rings is 1. The van der Waals surface area contributed by atoms with Gasteiger partial charge >= 0.3 is 0 Å². The van der Waals surface area contributed by atoms with Crippen LogP contribution in [0, 0.1) is 23.7 Å². The molecule has 2 N–H and O–H groups in total. The Kier molecular flexibility index (Phi) is 4.58. The van der Waals surface area contributed by atoms with Crippen LogP contribution in [0.5, 0.6) is 0 Å². The first-order valence-corrected chi connectivity index (χ1v) is 7.41. The molecule has 112 valence electrons. The normalized spacial score (nSPS) is 34.0. The van der Waals surface area contributed by atoms with E-state index in [-0.39, 0.29) is 48.2 Å². The number of ketones is 1. The van der Waals surface area contributed by atoms with Crippen molar-refractivity contribution in [1.82, 2.24) is 5.32 Å². The van der Waals surface area contributed by atoms with Gasteiger partial charge in [-0.15, -0.1) is 0 Å². The molecule has 1 saturated heterocycles. The van der Waals surface area contributed by atoms with Gasteiger partial charge in [0.15, 0.2) is 0 Å². The van der Waals surface area contributed by atoms with E-state index in [1.807, 2.05) is 6.92 Å². The van der Waals surface area contributed by atoms with Gasteiger partial charge in [0.25, 0.3) is 0 Å². The summed E-state index contributed by atoms with van der Waals surface area (Å²) in [6.45, 7) is 4.01. The second kappa shape index (κ2) is 6.04. The molecule has 2 amide bonds. The van der Waals surface area contributed by atoms with Gasteiger partial charge in [0.1, 0.15) is 5.78 Å². The molecule has 0 aromatic carbocycles. The summed E-state index contributed by atoms with van der Waals surface area (Å²) >= 11 is 0. The molecule has 1 aliphatic heterocycles. The zero-order valence-electron chi connectivity index (χ0n) is 12.1. The molecule has 2 aliphatic rings. The molecule has 0 aromatic heterocycles. The number of amides is 2. The van der Waals surface area contributed by atoms with Crippen LogP contribution in [0.2, 0.25) is 0 Å². The standard InChI is InChI=1S/C15H23NO4/c1-8-3-9(2)15(20)11(4-8)12(17)5-10-6-13(18)16-14(19)7-10/h8-12,17H,3-7H2,1-2H3,(H,16,18,19)/t8-,9-,11-,12?/m1/s1. The maximum Gasteiger partial charge on any atom is 0.226 e. The third-order valence-electron chi connectivity index (χ3n) is 4.53. The molecule has 0 aromatic rings. The largest absolute Gasteiger partial charge is 0.392 e. The van der Waals surface area contributed by atoms with Crippen LogP contribution in [0.1, 0.15) is 46.0 Å². The summed E-state index contributed by atoms with van der Waals surface area (Å²) in [6, 6.07) is 0. The van der Waals surface area contributed by atoms with Gasteiger partial charge < -0.3 is 5.11 Å². The van der Waals surface area contributed by atoms with E-state index in [0.717, 1.165) is 6.42 Å². The molecule has 20 heavy (non-hydrogen) atoms. The van der Waals surface area contributed by atoms with Crippen LogP contribution >= 0.6 is 0 Å². The van der Waals surface area contributed by atoms with Crippen LogP contribution in [-0.2, 0) is 14.4 Å². The molecule has 4 atom stereocenters. The summed E-state index contributed by atoms with van der Waals surface area (Å²) in [5.74, 6) is -0.499. The van der Waals surface area contributed by atoms with Crippen LogP contribution in [-0.4, -0.2) is 28.8 Å². The van der Waals surface area contributed by atoms with Crippen molar-refractivity contribution in [3.05, 3.63) is 0 Å². The van der Waals surface area contributed by atoms with E-state index in [4.69, 9.17) is 0 Å². The maximum absolute atomic E-state index is 12.2. The number of hydrogen-bond donors (Lipinski definition) is 2. The summed E-state index contributed by atoms with van der Waals surface area (Å²) in [4.78, 5) is 34.8. The summed E-state index contributed by atoms with van der Waals surface area (Å²) in [7, 11) is 0. The first-order chi connectivity index (χ1) is 9.36. The lowest BCUT2D eigenvalue weighted by atomic mass is 9.71. The third-order valence-corrected chi connectivity index (χ3v) is 4.53. The number of rotatable bonds is 3. The number of aliphatic hydroxyl groups excluding tert-OH is 1. The molecule has 0 radical (unpaired) electrons. The summed E-state index contributed by atoms with van der Waals surface area (Å²) in [5.41, 5.74) is 0. The molecule has 1 aliphatic carbocycles. The number of Topliss-reactive ketones (excluding diaryl/α,β-unsaturated/α-hetero) is 1. The Morgan fingerprint density at radius 3 is 2.35 bits per heavy atom. The molecule has 2 fully saturated rings. The van der Waals surface area contributed by atoms with E-state index >= 15 is 0 Å².